The molecule has 0 fully saturated rings. The Balaban J connectivity index is 1.87. The number of nitrogens with one attached hydrogen (secondary N) is 2. The molecule has 2 heterocycles. The van der Waals surface area contributed by atoms with Crippen molar-refractivity contribution in [3.8, 4) is 0 Å². The van der Waals surface area contributed by atoms with Gasteiger partial charge in [0, 0.05) is 18.5 Å². The lowest BCUT2D eigenvalue weighted by Crippen LogP contribution is -2.49. The summed E-state index contributed by atoms with van der Waals surface area (Å²) in [5.74, 6) is 0.00592. The van der Waals surface area contributed by atoms with Gasteiger partial charge in [-0.25, -0.2) is 14.6 Å². The molecule has 0 unspecified atom stereocenters. The van der Waals surface area contributed by atoms with E-state index in [1.54, 1.807) is 13.8 Å². The summed E-state index contributed by atoms with van der Waals surface area (Å²) in [6, 6.07) is 7.15. The number of para-hydroxylation sites is 2. The third kappa shape index (κ3) is 3.48. The summed E-state index contributed by atoms with van der Waals surface area (Å²) in [7, 11) is 1.95. The van der Waals surface area contributed by atoms with E-state index in [1.165, 1.54) is 11.8 Å². The minimum Gasteiger partial charge on any atom is -0.463 e. The van der Waals surface area contributed by atoms with E-state index in [0.29, 0.717) is 17.0 Å². The monoisotopic (exact) mass is 360 g/mol. The fourth-order valence-corrected chi connectivity index (χ4v) is 3.74. The Hall–Kier alpha value is -2.48. The number of hydrogen-bond acceptors (Lipinski definition) is 5. The Labute approximate surface area is 149 Å². The Kier molecular flexibility index (Phi) is 4.98. The van der Waals surface area contributed by atoms with Crippen LogP contribution in [-0.2, 0) is 16.6 Å². The van der Waals surface area contributed by atoms with E-state index in [4.69, 9.17) is 4.74 Å². The molecule has 0 saturated heterocycles. The van der Waals surface area contributed by atoms with Gasteiger partial charge in [-0.05, 0) is 26.0 Å². The fraction of sp³-hybridized carbons (Fsp3) is 0.353. The number of ether oxygens (including phenoxy) is 1. The first-order chi connectivity index (χ1) is 12.0. The number of imidazole rings is 1. The first-order valence-electron chi connectivity index (χ1n) is 8.03. The minimum absolute atomic E-state index is 0.286. The number of hydrogen-bond donors (Lipinski definition) is 2. The van der Waals surface area contributed by atoms with E-state index in [9.17, 15) is 9.59 Å². The zero-order valence-electron chi connectivity index (χ0n) is 14.3. The molecule has 0 aliphatic carbocycles. The number of esters is 1. The molecule has 2 N–H and O–H groups in total. The average Bonchev–Trinajstić information content (AvgIpc) is 2.89. The highest BCUT2D eigenvalue weighted by molar-refractivity contribution is 7.99. The van der Waals surface area contributed by atoms with Crippen LogP contribution in [0.25, 0.3) is 11.0 Å². The van der Waals surface area contributed by atoms with Crippen molar-refractivity contribution in [2.24, 2.45) is 7.05 Å². The maximum Gasteiger partial charge on any atom is 0.337 e. The van der Waals surface area contributed by atoms with Crippen LogP contribution in [0.3, 0.4) is 0 Å². The van der Waals surface area contributed by atoms with Crippen LogP contribution in [-0.4, -0.2) is 40.0 Å². The maximum absolute atomic E-state index is 12.2. The quantitative estimate of drug-likeness (QED) is 0.631. The molecular weight excluding hydrogens is 340 g/mol. The van der Waals surface area contributed by atoms with Gasteiger partial charge >= 0.3 is 12.0 Å². The lowest BCUT2D eigenvalue weighted by atomic mass is 10.1. The number of aryl methyl sites for hydroxylation is 1. The van der Waals surface area contributed by atoms with Crippen LogP contribution in [0.1, 0.15) is 13.8 Å². The van der Waals surface area contributed by atoms with Crippen LogP contribution in [0, 0.1) is 0 Å². The zero-order chi connectivity index (χ0) is 18.0. The van der Waals surface area contributed by atoms with Crippen molar-refractivity contribution in [2.75, 3.05) is 12.4 Å². The first-order valence-corrected chi connectivity index (χ1v) is 9.01. The molecule has 0 radical (unpaired) electrons. The van der Waals surface area contributed by atoms with Gasteiger partial charge in [-0.15, -0.1) is 0 Å². The molecule has 0 spiro atoms. The highest BCUT2D eigenvalue weighted by Gasteiger charge is 2.29. The smallest absolute Gasteiger partial charge is 0.337 e. The van der Waals surface area contributed by atoms with E-state index in [0.717, 1.165) is 16.2 Å². The van der Waals surface area contributed by atoms with Gasteiger partial charge in [-0.3, -0.25) is 0 Å². The van der Waals surface area contributed by atoms with Gasteiger partial charge in [0.25, 0.3) is 0 Å². The molecule has 1 aliphatic rings. The molecule has 25 heavy (non-hydrogen) atoms. The van der Waals surface area contributed by atoms with E-state index >= 15 is 0 Å². The molecule has 132 valence electrons. The van der Waals surface area contributed by atoms with Gasteiger partial charge in [0.05, 0.1) is 29.3 Å². The molecule has 2 amide bonds. The van der Waals surface area contributed by atoms with Crippen molar-refractivity contribution in [3.63, 3.8) is 0 Å². The fourth-order valence-electron chi connectivity index (χ4n) is 2.78. The molecule has 1 aromatic heterocycles. The number of amides is 2. The summed E-state index contributed by atoms with van der Waals surface area (Å²) in [6.45, 7) is 3.81. The van der Waals surface area contributed by atoms with Crippen LogP contribution >= 0.6 is 11.8 Å². The number of carbonyl (C=O) groups is 2. The summed E-state index contributed by atoms with van der Waals surface area (Å²) >= 11 is 1.47. The Morgan fingerprint density at radius 1 is 1.40 bits per heavy atom. The Morgan fingerprint density at radius 2 is 2.16 bits per heavy atom. The highest BCUT2D eigenvalue weighted by Crippen LogP contribution is 2.26. The molecule has 0 bridgehead atoms. The van der Waals surface area contributed by atoms with Crippen molar-refractivity contribution < 1.29 is 14.3 Å². The number of thioether (sulfide) groups is 1. The summed E-state index contributed by atoms with van der Waals surface area (Å²) in [4.78, 5) is 28.6. The van der Waals surface area contributed by atoms with Crippen LogP contribution in [0.5, 0.6) is 0 Å². The van der Waals surface area contributed by atoms with Crippen LogP contribution in [0.4, 0.5) is 4.79 Å². The summed E-state index contributed by atoms with van der Waals surface area (Å²) < 4.78 is 7.12. The first kappa shape index (κ1) is 17.3. The number of rotatable bonds is 5. The van der Waals surface area contributed by atoms with E-state index in [2.05, 4.69) is 15.6 Å². The average molecular weight is 360 g/mol. The Bertz CT molecular complexity index is 859. The number of carbonyl (C=O) groups excluding carboxylic acids is 2. The molecule has 7 nitrogen and oxygen atoms in total. The molecule has 1 atom stereocenters. The summed E-state index contributed by atoms with van der Waals surface area (Å²) in [6.07, 6.45) is 0. The molecule has 1 aromatic carbocycles. The number of urea groups is 1. The second-order valence-corrected chi connectivity index (χ2v) is 6.61. The Morgan fingerprint density at radius 3 is 2.88 bits per heavy atom. The van der Waals surface area contributed by atoms with Crippen LogP contribution in [0.15, 0.2) is 40.7 Å². The summed E-state index contributed by atoms with van der Waals surface area (Å²) in [5, 5.41) is 6.24. The molecule has 1 aliphatic heterocycles. The van der Waals surface area contributed by atoms with Crippen molar-refractivity contribution in [3.05, 3.63) is 35.5 Å². The van der Waals surface area contributed by atoms with Crippen molar-refractivity contribution in [1.82, 2.24) is 20.2 Å². The molecule has 3 rings (SSSR count). The van der Waals surface area contributed by atoms with Gasteiger partial charge < -0.3 is 19.9 Å². The second kappa shape index (κ2) is 7.18. The van der Waals surface area contributed by atoms with E-state index < -0.39 is 12.0 Å². The third-order valence-electron chi connectivity index (χ3n) is 3.96. The van der Waals surface area contributed by atoms with Gasteiger partial charge in [0.15, 0.2) is 5.16 Å². The molecule has 2 aromatic rings. The normalized spacial score (nSPS) is 17.4. The maximum atomic E-state index is 12.2. The summed E-state index contributed by atoms with van der Waals surface area (Å²) in [5.41, 5.74) is 2.96. The van der Waals surface area contributed by atoms with Gasteiger partial charge in [0.1, 0.15) is 0 Å². The number of fused-ring (bicyclic) bond motifs is 1. The third-order valence-corrected chi connectivity index (χ3v) is 5.01. The predicted octanol–water partition coefficient (Wildman–Crippen LogP) is 2.18. The van der Waals surface area contributed by atoms with Crippen molar-refractivity contribution in [2.45, 2.75) is 25.0 Å². The largest absolute Gasteiger partial charge is 0.463 e. The minimum atomic E-state index is -0.414. The molecule has 8 heteroatoms. The standard InChI is InChI=1S/C17H20N4O3S/c1-4-24-15(22)14-10(2)18-16(23)19-12(14)9-25-17-20-11-7-5-6-8-13(11)21(17)3/h5-8,10H,4,9H2,1-3H3,(H2,18,19,23)/t10-/m1/s1. The lowest BCUT2D eigenvalue weighted by molar-refractivity contribution is -0.138. The molecular formula is C17H20N4O3S. The predicted molar refractivity (Wildman–Crippen MR) is 96.2 cm³/mol. The SMILES string of the molecule is CCOC(=O)C1=C(CSc2nc3ccccc3n2C)NC(=O)N[C@@H]1C. The molecule has 0 saturated carbocycles. The topological polar surface area (TPSA) is 85.2 Å². The second-order valence-electron chi connectivity index (χ2n) is 5.66. The van der Waals surface area contributed by atoms with E-state index in [1.807, 2.05) is 35.9 Å². The van der Waals surface area contributed by atoms with Gasteiger partial charge in [-0.2, -0.15) is 0 Å². The lowest BCUT2D eigenvalue weighted by Gasteiger charge is -2.26. The van der Waals surface area contributed by atoms with Crippen LogP contribution in [0.2, 0.25) is 0 Å². The van der Waals surface area contributed by atoms with Crippen molar-refractivity contribution in [1.29, 1.82) is 0 Å². The zero-order valence-corrected chi connectivity index (χ0v) is 15.1. The van der Waals surface area contributed by atoms with Gasteiger partial charge in [0.2, 0.25) is 0 Å². The number of nitrogens with zero attached hydrogens (tertiary/aromatic N) is 2. The van der Waals surface area contributed by atoms with Crippen LogP contribution < -0.4 is 10.6 Å². The highest BCUT2D eigenvalue weighted by atomic mass is 32.2. The van der Waals surface area contributed by atoms with E-state index in [-0.39, 0.29) is 12.6 Å². The van der Waals surface area contributed by atoms with Gasteiger partial charge in [-0.1, -0.05) is 23.9 Å². The number of benzene rings is 1. The van der Waals surface area contributed by atoms with Crippen molar-refractivity contribution >= 4 is 34.8 Å². The number of aromatic nitrogens is 2.